The minimum Gasteiger partial charge on any atom is -0.393 e. The third-order valence-electron chi connectivity index (χ3n) is 8.59. The van der Waals surface area contributed by atoms with Gasteiger partial charge in [-0.25, -0.2) is 0 Å². The second kappa shape index (κ2) is 4.71. The largest absolute Gasteiger partial charge is 0.393 e. The maximum absolute atomic E-state index is 10.5. The molecule has 0 radical (unpaired) electrons. The fourth-order valence-electron chi connectivity index (χ4n) is 7.21. The number of aliphatic hydroxyl groups excluding tert-OH is 2. The Hall–Kier alpha value is -0.0800. The van der Waals surface area contributed by atoms with E-state index in [9.17, 15) is 10.2 Å². The van der Waals surface area contributed by atoms with Crippen molar-refractivity contribution in [2.75, 3.05) is 0 Å². The number of rotatable bonds is 0. The summed E-state index contributed by atoms with van der Waals surface area (Å²) in [5, 5.41) is 20.5. The summed E-state index contributed by atoms with van der Waals surface area (Å²) in [6.45, 7) is 4.90. The van der Waals surface area contributed by atoms with Crippen LogP contribution in [0.25, 0.3) is 0 Å². The van der Waals surface area contributed by atoms with E-state index < -0.39 is 0 Å². The summed E-state index contributed by atoms with van der Waals surface area (Å²) in [7, 11) is 0. The molecule has 0 aromatic rings. The van der Waals surface area contributed by atoms with Crippen LogP contribution in [0.3, 0.4) is 0 Å². The topological polar surface area (TPSA) is 40.5 Å². The highest BCUT2D eigenvalue weighted by atomic mass is 16.3. The first-order chi connectivity index (χ1) is 9.95. The van der Waals surface area contributed by atoms with E-state index in [4.69, 9.17) is 0 Å². The van der Waals surface area contributed by atoms with Crippen LogP contribution in [0.4, 0.5) is 0 Å². The van der Waals surface area contributed by atoms with Crippen molar-refractivity contribution in [3.63, 3.8) is 0 Å². The molecule has 0 bridgehead atoms. The summed E-state index contributed by atoms with van der Waals surface area (Å²) >= 11 is 0. The molecule has 0 spiro atoms. The molecule has 0 saturated heterocycles. The number of aliphatic hydroxyl groups is 2. The van der Waals surface area contributed by atoms with Crippen LogP contribution in [0.2, 0.25) is 0 Å². The molecular weight excluding hydrogens is 260 g/mol. The van der Waals surface area contributed by atoms with Crippen molar-refractivity contribution < 1.29 is 10.2 Å². The van der Waals surface area contributed by atoms with Crippen LogP contribution in [0.1, 0.15) is 71.6 Å². The summed E-state index contributed by atoms with van der Waals surface area (Å²) in [6, 6.07) is 0. The summed E-state index contributed by atoms with van der Waals surface area (Å²) in [6.07, 6.45) is 10.7. The summed E-state index contributed by atoms with van der Waals surface area (Å²) in [5.41, 5.74) is 0.676. The van der Waals surface area contributed by atoms with Crippen LogP contribution in [-0.2, 0) is 0 Å². The Balaban J connectivity index is 1.62. The first-order valence-corrected chi connectivity index (χ1v) is 9.31. The summed E-state index contributed by atoms with van der Waals surface area (Å²) < 4.78 is 0. The Bertz CT molecular complexity index is 422. The van der Waals surface area contributed by atoms with E-state index in [2.05, 4.69) is 13.8 Å². The lowest BCUT2D eigenvalue weighted by molar-refractivity contribution is -0.133. The van der Waals surface area contributed by atoms with Crippen molar-refractivity contribution in [1.29, 1.82) is 0 Å². The second-order valence-corrected chi connectivity index (χ2v) is 9.22. The van der Waals surface area contributed by atoms with Gasteiger partial charge in [0.1, 0.15) is 0 Å². The molecule has 0 aromatic carbocycles. The molecule has 0 aliphatic heterocycles. The molecule has 0 aromatic heterocycles. The maximum atomic E-state index is 10.5. The number of hydrogen-bond acceptors (Lipinski definition) is 2. The number of hydrogen-bond donors (Lipinski definition) is 2. The molecule has 2 N–H and O–H groups in total. The monoisotopic (exact) mass is 292 g/mol. The predicted molar refractivity (Wildman–Crippen MR) is 83.7 cm³/mol. The van der Waals surface area contributed by atoms with E-state index in [-0.39, 0.29) is 17.6 Å². The Morgan fingerprint density at radius 2 is 1.48 bits per heavy atom. The van der Waals surface area contributed by atoms with Crippen molar-refractivity contribution in [2.45, 2.75) is 83.8 Å². The fraction of sp³-hybridized carbons (Fsp3) is 1.00. The zero-order chi connectivity index (χ0) is 14.8. The molecule has 4 fully saturated rings. The molecule has 21 heavy (non-hydrogen) atoms. The van der Waals surface area contributed by atoms with Crippen LogP contribution >= 0.6 is 0 Å². The normalized spacial score (nSPS) is 60.0. The van der Waals surface area contributed by atoms with Crippen molar-refractivity contribution in [3.05, 3.63) is 0 Å². The predicted octanol–water partition coefficient (Wildman–Crippen LogP) is 3.75. The van der Waals surface area contributed by atoms with Gasteiger partial charge in [0, 0.05) is 0 Å². The van der Waals surface area contributed by atoms with E-state index in [1.165, 1.54) is 38.5 Å². The second-order valence-electron chi connectivity index (χ2n) is 9.22. The molecule has 0 unspecified atom stereocenters. The first-order valence-electron chi connectivity index (χ1n) is 9.31. The summed E-state index contributed by atoms with van der Waals surface area (Å²) in [4.78, 5) is 0. The standard InChI is InChI=1S/C19H32O2/c1-18-9-7-13(20)11-12(18)3-4-14-15-5-6-17(21)19(15,2)10-8-16(14)18/h12-17,20-21H,3-11H2,1-2H3/t12-,13+,14-,15+,16+,17+,18-,19-/m0/s1. The van der Waals surface area contributed by atoms with Crippen molar-refractivity contribution >= 4 is 0 Å². The van der Waals surface area contributed by atoms with E-state index in [0.717, 1.165) is 42.9 Å². The molecule has 0 heterocycles. The van der Waals surface area contributed by atoms with Crippen LogP contribution in [0.5, 0.6) is 0 Å². The van der Waals surface area contributed by atoms with E-state index in [1.807, 2.05) is 0 Å². The molecule has 4 saturated carbocycles. The van der Waals surface area contributed by atoms with E-state index in [1.54, 1.807) is 0 Å². The van der Waals surface area contributed by atoms with Gasteiger partial charge in [0.15, 0.2) is 0 Å². The van der Waals surface area contributed by atoms with Gasteiger partial charge in [0.2, 0.25) is 0 Å². The minimum atomic E-state index is -0.0536. The third kappa shape index (κ3) is 1.91. The van der Waals surface area contributed by atoms with Crippen molar-refractivity contribution in [1.82, 2.24) is 0 Å². The Labute approximate surface area is 129 Å². The average Bonchev–Trinajstić information content (AvgIpc) is 2.76. The van der Waals surface area contributed by atoms with Crippen LogP contribution < -0.4 is 0 Å². The Morgan fingerprint density at radius 3 is 2.29 bits per heavy atom. The average molecular weight is 292 g/mol. The van der Waals surface area contributed by atoms with Crippen LogP contribution in [-0.4, -0.2) is 22.4 Å². The first kappa shape index (κ1) is 14.5. The molecule has 0 amide bonds. The zero-order valence-corrected chi connectivity index (χ0v) is 13.7. The van der Waals surface area contributed by atoms with Crippen molar-refractivity contribution in [2.24, 2.45) is 34.5 Å². The molecule has 2 heteroatoms. The maximum Gasteiger partial charge on any atom is 0.0596 e. The highest BCUT2D eigenvalue weighted by Crippen LogP contribution is 2.66. The van der Waals surface area contributed by atoms with Crippen molar-refractivity contribution in [3.8, 4) is 0 Å². The number of fused-ring (bicyclic) bond motifs is 5. The summed E-state index contributed by atoms with van der Waals surface area (Å²) in [5.74, 6) is 3.21. The molecule has 4 rings (SSSR count). The Kier molecular flexibility index (Phi) is 3.25. The quantitative estimate of drug-likeness (QED) is 0.714. The van der Waals surface area contributed by atoms with Gasteiger partial charge in [-0.1, -0.05) is 13.8 Å². The van der Waals surface area contributed by atoms with Gasteiger partial charge >= 0.3 is 0 Å². The molecular formula is C19H32O2. The lowest BCUT2D eigenvalue weighted by atomic mass is 9.45. The molecule has 4 aliphatic rings. The lowest BCUT2D eigenvalue weighted by Crippen LogP contribution is -2.54. The zero-order valence-electron chi connectivity index (χ0n) is 13.7. The van der Waals surface area contributed by atoms with Crippen LogP contribution in [0, 0.1) is 34.5 Å². The van der Waals surface area contributed by atoms with E-state index in [0.29, 0.717) is 5.41 Å². The molecule has 4 aliphatic carbocycles. The Morgan fingerprint density at radius 1 is 0.762 bits per heavy atom. The molecule has 120 valence electrons. The van der Waals surface area contributed by atoms with Crippen LogP contribution in [0.15, 0.2) is 0 Å². The minimum absolute atomic E-state index is 0.0400. The molecule has 2 nitrogen and oxygen atoms in total. The van der Waals surface area contributed by atoms with E-state index >= 15 is 0 Å². The fourth-order valence-corrected chi connectivity index (χ4v) is 7.21. The van der Waals surface area contributed by atoms with Gasteiger partial charge in [-0.2, -0.15) is 0 Å². The third-order valence-corrected chi connectivity index (χ3v) is 8.59. The highest BCUT2D eigenvalue weighted by molar-refractivity contribution is 5.09. The lowest BCUT2D eigenvalue weighted by Gasteiger charge is -2.60. The SMILES string of the molecule is C[C@]12CC[C@@H](O)C[C@@H]1CC[C@@H]1[C@H]2CC[C@]2(C)[C@H](O)CC[C@H]12. The van der Waals surface area contributed by atoms with Gasteiger partial charge < -0.3 is 10.2 Å². The van der Waals surface area contributed by atoms with Gasteiger partial charge in [0.25, 0.3) is 0 Å². The van der Waals surface area contributed by atoms with Gasteiger partial charge in [-0.3, -0.25) is 0 Å². The smallest absolute Gasteiger partial charge is 0.0596 e. The highest BCUT2D eigenvalue weighted by Gasteiger charge is 2.59. The van der Waals surface area contributed by atoms with Gasteiger partial charge in [-0.05, 0) is 92.3 Å². The molecule has 8 atom stereocenters. The van der Waals surface area contributed by atoms with Gasteiger partial charge in [-0.15, -0.1) is 0 Å². The van der Waals surface area contributed by atoms with Gasteiger partial charge in [0.05, 0.1) is 12.2 Å².